The normalized spacial score (nSPS) is 11.7. The molecule has 1 aromatic heterocycles. The zero-order chi connectivity index (χ0) is 19.7. The molecule has 3 aromatic rings. The fraction of sp³-hybridized carbons (Fsp3) is 0.111. The number of nitro groups is 1. The molecule has 0 aliphatic rings. The van der Waals surface area contributed by atoms with Gasteiger partial charge in [0.2, 0.25) is 0 Å². The number of rotatable bonds is 4. The van der Waals surface area contributed by atoms with Gasteiger partial charge in [0, 0.05) is 22.7 Å². The van der Waals surface area contributed by atoms with E-state index in [2.05, 4.69) is 11.6 Å². The van der Waals surface area contributed by atoms with Crippen LogP contribution in [0.2, 0.25) is 10.0 Å². The molecule has 0 bridgehead atoms. The molecule has 0 fully saturated rings. The second kappa shape index (κ2) is 7.64. The summed E-state index contributed by atoms with van der Waals surface area (Å²) in [5.74, 6) is -0.739. The Morgan fingerprint density at radius 1 is 1.37 bits per heavy atom. The summed E-state index contributed by atoms with van der Waals surface area (Å²) < 4.78 is 2.70. The van der Waals surface area contributed by atoms with E-state index in [4.69, 9.17) is 23.2 Å². The van der Waals surface area contributed by atoms with Gasteiger partial charge in [-0.2, -0.15) is 4.99 Å². The molecule has 6 nitrogen and oxygen atoms in total. The van der Waals surface area contributed by atoms with Crippen molar-refractivity contribution >= 4 is 56.3 Å². The SMILES string of the molecule is C=CCn1c(=NC(=O)c2cc(Cl)ccc2[N+](=O)[O-])sc2ccc(Cl)c(C)c21. The number of carbonyl (C=O) groups is 1. The largest absolute Gasteiger partial charge is 0.312 e. The zero-order valence-electron chi connectivity index (χ0n) is 14.1. The van der Waals surface area contributed by atoms with E-state index in [0.29, 0.717) is 16.4 Å². The smallest absolute Gasteiger partial charge is 0.286 e. The van der Waals surface area contributed by atoms with Gasteiger partial charge in [-0.1, -0.05) is 40.6 Å². The van der Waals surface area contributed by atoms with E-state index in [1.165, 1.54) is 29.5 Å². The predicted octanol–water partition coefficient (Wildman–Crippen LogP) is 5.15. The number of nitro benzene ring substituents is 1. The Hall–Kier alpha value is -2.48. The molecule has 0 saturated heterocycles. The highest BCUT2D eigenvalue weighted by molar-refractivity contribution is 7.16. The first kappa shape index (κ1) is 19.3. The number of aryl methyl sites for hydroxylation is 1. The summed E-state index contributed by atoms with van der Waals surface area (Å²) in [7, 11) is 0. The Morgan fingerprint density at radius 3 is 2.78 bits per heavy atom. The number of hydrogen-bond acceptors (Lipinski definition) is 4. The summed E-state index contributed by atoms with van der Waals surface area (Å²) in [6, 6.07) is 7.43. The Balaban J connectivity index is 2.25. The van der Waals surface area contributed by atoms with E-state index in [0.717, 1.165) is 15.8 Å². The number of benzene rings is 2. The number of allylic oxidation sites excluding steroid dienone is 1. The molecule has 1 amide bonds. The van der Waals surface area contributed by atoms with Crippen LogP contribution in [0, 0.1) is 17.0 Å². The number of fused-ring (bicyclic) bond motifs is 1. The summed E-state index contributed by atoms with van der Waals surface area (Å²) in [5, 5.41) is 12.0. The minimum absolute atomic E-state index is 0.162. The summed E-state index contributed by atoms with van der Waals surface area (Å²) in [4.78, 5) is 27.8. The quantitative estimate of drug-likeness (QED) is 0.331. The van der Waals surface area contributed by atoms with Gasteiger partial charge in [-0.25, -0.2) is 0 Å². The third kappa shape index (κ3) is 3.66. The highest BCUT2D eigenvalue weighted by Gasteiger charge is 2.21. The summed E-state index contributed by atoms with van der Waals surface area (Å²) in [6.45, 7) is 6.03. The van der Waals surface area contributed by atoms with Crippen molar-refractivity contribution in [2.45, 2.75) is 13.5 Å². The zero-order valence-corrected chi connectivity index (χ0v) is 16.4. The van der Waals surface area contributed by atoms with Crippen LogP contribution in [-0.2, 0) is 6.54 Å². The Kier molecular flexibility index (Phi) is 5.46. The molecule has 9 heteroatoms. The molecule has 2 aromatic carbocycles. The van der Waals surface area contributed by atoms with E-state index in [1.807, 2.05) is 17.6 Å². The van der Waals surface area contributed by atoms with Gasteiger partial charge in [0.05, 0.1) is 15.1 Å². The number of aromatic nitrogens is 1. The van der Waals surface area contributed by atoms with Gasteiger partial charge in [0.25, 0.3) is 11.6 Å². The van der Waals surface area contributed by atoms with Gasteiger partial charge in [-0.3, -0.25) is 14.9 Å². The molecule has 0 atom stereocenters. The molecule has 0 aliphatic carbocycles. The lowest BCUT2D eigenvalue weighted by Crippen LogP contribution is -2.17. The van der Waals surface area contributed by atoms with Crippen molar-refractivity contribution in [3.05, 3.63) is 79.1 Å². The van der Waals surface area contributed by atoms with E-state index < -0.39 is 10.8 Å². The first-order valence-corrected chi connectivity index (χ1v) is 9.33. The van der Waals surface area contributed by atoms with Crippen LogP contribution >= 0.6 is 34.5 Å². The van der Waals surface area contributed by atoms with Crippen molar-refractivity contribution in [3.63, 3.8) is 0 Å². The topological polar surface area (TPSA) is 77.5 Å². The van der Waals surface area contributed by atoms with Crippen molar-refractivity contribution in [2.24, 2.45) is 4.99 Å². The predicted molar refractivity (Wildman–Crippen MR) is 108 cm³/mol. The molecule has 0 aliphatic heterocycles. The Labute approximate surface area is 168 Å². The van der Waals surface area contributed by atoms with E-state index in [9.17, 15) is 14.9 Å². The molecule has 0 radical (unpaired) electrons. The minimum atomic E-state index is -0.739. The first-order chi connectivity index (χ1) is 12.8. The number of hydrogen-bond donors (Lipinski definition) is 0. The highest BCUT2D eigenvalue weighted by Crippen LogP contribution is 2.28. The molecule has 1 heterocycles. The van der Waals surface area contributed by atoms with Crippen LogP contribution in [0.15, 0.2) is 48.0 Å². The maximum Gasteiger partial charge on any atom is 0.286 e. The molecule has 0 saturated carbocycles. The lowest BCUT2D eigenvalue weighted by molar-refractivity contribution is -0.385. The Bertz CT molecular complexity index is 1160. The van der Waals surface area contributed by atoms with Gasteiger partial charge in [-0.05, 0) is 36.8 Å². The highest BCUT2D eigenvalue weighted by atomic mass is 35.5. The number of thiazole rings is 1. The average Bonchev–Trinajstić information content (AvgIpc) is 2.96. The van der Waals surface area contributed by atoms with E-state index in [-0.39, 0.29) is 16.3 Å². The second-order valence-corrected chi connectivity index (χ2v) is 7.49. The van der Waals surface area contributed by atoms with Crippen LogP contribution in [-0.4, -0.2) is 15.4 Å². The maximum absolute atomic E-state index is 12.7. The van der Waals surface area contributed by atoms with Gasteiger partial charge >= 0.3 is 0 Å². The fourth-order valence-electron chi connectivity index (χ4n) is 2.69. The molecule has 27 heavy (non-hydrogen) atoms. The van der Waals surface area contributed by atoms with Crippen LogP contribution in [0.4, 0.5) is 5.69 Å². The van der Waals surface area contributed by atoms with Crippen molar-refractivity contribution in [1.82, 2.24) is 4.57 Å². The van der Waals surface area contributed by atoms with Crippen molar-refractivity contribution in [3.8, 4) is 0 Å². The van der Waals surface area contributed by atoms with Crippen molar-refractivity contribution < 1.29 is 9.72 Å². The molecule has 0 N–H and O–H groups in total. The van der Waals surface area contributed by atoms with Crippen molar-refractivity contribution in [2.75, 3.05) is 0 Å². The van der Waals surface area contributed by atoms with Crippen LogP contribution < -0.4 is 4.80 Å². The fourth-order valence-corrected chi connectivity index (χ4v) is 4.11. The van der Waals surface area contributed by atoms with Crippen molar-refractivity contribution in [1.29, 1.82) is 0 Å². The van der Waals surface area contributed by atoms with Crippen LogP contribution in [0.3, 0.4) is 0 Å². The van der Waals surface area contributed by atoms with E-state index in [1.54, 1.807) is 12.1 Å². The van der Waals surface area contributed by atoms with Crippen LogP contribution in [0.1, 0.15) is 15.9 Å². The lowest BCUT2D eigenvalue weighted by Gasteiger charge is -2.05. The number of carbonyl (C=O) groups excluding carboxylic acids is 1. The average molecular weight is 422 g/mol. The minimum Gasteiger partial charge on any atom is -0.312 e. The van der Waals surface area contributed by atoms with Crippen LogP contribution in [0.25, 0.3) is 10.2 Å². The molecule has 3 rings (SSSR count). The van der Waals surface area contributed by atoms with Gasteiger partial charge in [0.1, 0.15) is 5.56 Å². The summed E-state index contributed by atoms with van der Waals surface area (Å²) >= 11 is 13.4. The standard InChI is InChI=1S/C18H13Cl2N3O3S/c1-3-8-22-16-10(2)13(20)5-7-15(16)27-18(22)21-17(24)12-9-11(19)4-6-14(12)23(25)26/h3-7,9H,1,8H2,2H3. The van der Waals surface area contributed by atoms with Crippen LogP contribution in [0.5, 0.6) is 0 Å². The molecular formula is C18H13Cl2N3O3S. The monoisotopic (exact) mass is 421 g/mol. The Morgan fingerprint density at radius 2 is 2.11 bits per heavy atom. The maximum atomic E-state index is 12.7. The van der Waals surface area contributed by atoms with Gasteiger partial charge in [-0.15, -0.1) is 6.58 Å². The third-order valence-corrected chi connectivity index (χ3v) is 5.61. The van der Waals surface area contributed by atoms with E-state index >= 15 is 0 Å². The van der Waals surface area contributed by atoms with Gasteiger partial charge in [0.15, 0.2) is 4.80 Å². The summed E-state index contributed by atoms with van der Waals surface area (Å²) in [6.07, 6.45) is 1.68. The number of halogens is 2. The van der Waals surface area contributed by atoms with Gasteiger partial charge < -0.3 is 4.57 Å². The summed E-state index contributed by atoms with van der Waals surface area (Å²) in [5.41, 5.74) is 1.20. The molecular weight excluding hydrogens is 409 g/mol. The second-order valence-electron chi connectivity index (χ2n) is 5.64. The lowest BCUT2D eigenvalue weighted by atomic mass is 10.1. The molecule has 0 unspecified atom stereocenters. The molecule has 138 valence electrons. The molecule has 0 spiro atoms. The number of nitrogens with zero attached hydrogens (tertiary/aromatic N) is 3. The third-order valence-electron chi connectivity index (χ3n) is 3.92. The number of amides is 1. The first-order valence-electron chi connectivity index (χ1n) is 7.75.